The van der Waals surface area contributed by atoms with Gasteiger partial charge in [-0.05, 0) is 75.7 Å². The Bertz CT molecular complexity index is 657. The number of anilines is 1. The number of benzene rings is 1. The average Bonchev–Trinajstić information content (AvgIpc) is 3.30. The zero-order chi connectivity index (χ0) is 19.9. The molecule has 3 aliphatic heterocycles. The summed E-state index contributed by atoms with van der Waals surface area (Å²) >= 11 is 0. The smallest absolute Gasteiger partial charge is 0.321 e. The predicted octanol–water partition coefficient (Wildman–Crippen LogP) is 3.86. The van der Waals surface area contributed by atoms with E-state index in [2.05, 4.69) is 10.2 Å². The molecule has 1 aromatic carbocycles. The van der Waals surface area contributed by atoms with Crippen LogP contribution in [0.4, 0.5) is 10.5 Å². The summed E-state index contributed by atoms with van der Waals surface area (Å²) in [5.41, 5.74) is 1.92. The molecule has 0 bridgehead atoms. The first-order valence-corrected chi connectivity index (χ1v) is 11.4. The molecular weight excluding hydrogens is 366 g/mol. The zero-order valence-electron chi connectivity index (χ0n) is 17.5. The van der Waals surface area contributed by atoms with E-state index in [1.54, 1.807) is 0 Å². The number of amides is 2. The lowest BCUT2D eigenvalue weighted by atomic mass is 10.0. The number of hydrogen-bond donors (Lipinski definition) is 1. The molecule has 0 radical (unpaired) electrons. The molecular formula is C23H35N3O3. The molecule has 0 aliphatic carbocycles. The summed E-state index contributed by atoms with van der Waals surface area (Å²) in [5, 5.41) is 3.09. The Morgan fingerprint density at radius 1 is 1.10 bits per heavy atom. The average molecular weight is 402 g/mol. The number of piperidine rings is 1. The van der Waals surface area contributed by atoms with Crippen LogP contribution in [0.3, 0.4) is 0 Å². The quantitative estimate of drug-likeness (QED) is 0.786. The standard InChI is InChI=1S/C23H35N3O3/c27-23(26-13-6-9-21(16-26)25-11-2-3-12-25)24-20-8-5-7-19(15-20)17-28-18-22-10-1-4-14-29-22/h5,7-8,15,21-22H,1-4,6,9-14,16-18H2,(H,24,27)/t21-,22-/m1/s1. The van der Waals surface area contributed by atoms with Gasteiger partial charge in [-0.2, -0.15) is 0 Å². The number of nitrogens with zero attached hydrogens (tertiary/aromatic N) is 2. The molecule has 2 atom stereocenters. The van der Waals surface area contributed by atoms with E-state index in [0.29, 0.717) is 19.3 Å². The van der Waals surface area contributed by atoms with Crippen molar-refractivity contribution in [3.8, 4) is 0 Å². The molecule has 1 N–H and O–H groups in total. The van der Waals surface area contributed by atoms with Gasteiger partial charge in [0.25, 0.3) is 0 Å². The van der Waals surface area contributed by atoms with E-state index in [4.69, 9.17) is 9.47 Å². The van der Waals surface area contributed by atoms with Crippen LogP contribution in [0.5, 0.6) is 0 Å². The maximum Gasteiger partial charge on any atom is 0.321 e. The van der Waals surface area contributed by atoms with Gasteiger partial charge in [0.2, 0.25) is 0 Å². The lowest BCUT2D eigenvalue weighted by Crippen LogP contribution is -2.50. The monoisotopic (exact) mass is 401 g/mol. The highest BCUT2D eigenvalue weighted by Crippen LogP contribution is 2.21. The number of hydrogen-bond acceptors (Lipinski definition) is 4. The first-order chi connectivity index (χ1) is 14.3. The van der Waals surface area contributed by atoms with Crippen LogP contribution in [0.2, 0.25) is 0 Å². The minimum absolute atomic E-state index is 0.0163. The lowest BCUT2D eigenvalue weighted by Gasteiger charge is -2.37. The molecule has 0 aromatic heterocycles. The maximum atomic E-state index is 12.8. The van der Waals surface area contributed by atoms with Gasteiger partial charge in [0.05, 0.1) is 19.3 Å². The van der Waals surface area contributed by atoms with Crippen molar-refractivity contribution in [3.63, 3.8) is 0 Å². The highest BCUT2D eigenvalue weighted by Gasteiger charge is 2.29. The molecule has 0 spiro atoms. The van der Waals surface area contributed by atoms with Gasteiger partial charge in [-0.25, -0.2) is 4.79 Å². The van der Waals surface area contributed by atoms with E-state index in [0.717, 1.165) is 50.2 Å². The predicted molar refractivity (Wildman–Crippen MR) is 114 cm³/mol. The molecule has 4 rings (SSSR count). The van der Waals surface area contributed by atoms with Crippen LogP contribution in [0, 0.1) is 0 Å². The van der Waals surface area contributed by atoms with Gasteiger partial charge in [-0.3, -0.25) is 4.90 Å². The Balaban J connectivity index is 1.25. The fourth-order valence-electron chi connectivity index (χ4n) is 4.73. The number of rotatable bonds is 6. The van der Waals surface area contributed by atoms with Crippen LogP contribution in [-0.2, 0) is 16.1 Å². The Kier molecular flexibility index (Phi) is 7.41. The molecule has 0 unspecified atom stereocenters. The number of likely N-dealkylation sites (tertiary alicyclic amines) is 2. The Morgan fingerprint density at radius 2 is 2.00 bits per heavy atom. The fraction of sp³-hybridized carbons (Fsp3) is 0.696. The summed E-state index contributed by atoms with van der Waals surface area (Å²) in [6.07, 6.45) is 8.60. The lowest BCUT2D eigenvalue weighted by molar-refractivity contribution is -0.0447. The van der Waals surface area contributed by atoms with Gasteiger partial charge >= 0.3 is 6.03 Å². The molecule has 1 aromatic rings. The second-order valence-electron chi connectivity index (χ2n) is 8.62. The molecule has 0 saturated carbocycles. The van der Waals surface area contributed by atoms with Crippen LogP contribution in [-0.4, -0.2) is 67.4 Å². The van der Waals surface area contributed by atoms with Gasteiger partial charge in [0.15, 0.2) is 0 Å². The number of carbonyl (C=O) groups excluding carboxylic acids is 1. The minimum atomic E-state index is 0.0163. The fourth-order valence-corrected chi connectivity index (χ4v) is 4.73. The number of carbonyl (C=O) groups is 1. The van der Waals surface area contributed by atoms with Crippen molar-refractivity contribution in [2.24, 2.45) is 0 Å². The van der Waals surface area contributed by atoms with Crippen LogP contribution in [0.25, 0.3) is 0 Å². The first-order valence-electron chi connectivity index (χ1n) is 11.4. The van der Waals surface area contributed by atoms with Crippen molar-refractivity contribution in [3.05, 3.63) is 29.8 Å². The van der Waals surface area contributed by atoms with Crippen molar-refractivity contribution in [1.82, 2.24) is 9.80 Å². The normalized spacial score (nSPS) is 25.9. The van der Waals surface area contributed by atoms with E-state index in [-0.39, 0.29) is 12.1 Å². The number of ether oxygens (including phenoxy) is 2. The zero-order valence-corrected chi connectivity index (χ0v) is 17.5. The second-order valence-corrected chi connectivity index (χ2v) is 8.62. The van der Waals surface area contributed by atoms with Crippen LogP contribution in [0.15, 0.2) is 24.3 Å². The highest BCUT2D eigenvalue weighted by atomic mass is 16.5. The third kappa shape index (κ3) is 5.93. The van der Waals surface area contributed by atoms with E-state index >= 15 is 0 Å². The Hall–Kier alpha value is -1.63. The van der Waals surface area contributed by atoms with Gasteiger partial charge in [0.1, 0.15) is 0 Å². The molecule has 6 heteroatoms. The molecule has 3 aliphatic rings. The maximum absolute atomic E-state index is 12.8. The highest BCUT2D eigenvalue weighted by molar-refractivity contribution is 5.89. The van der Waals surface area contributed by atoms with Crippen molar-refractivity contribution >= 4 is 11.7 Å². The second kappa shape index (κ2) is 10.4. The van der Waals surface area contributed by atoms with Gasteiger partial charge < -0.3 is 19.7 Å². The largest absolute Gasteiger partial charge is 0.376 e. The SMILES string of the molecule is O=C(Nc1cccc(COC[C@H]2CCCCO2)c1)N1CCC[C@@H](N2CCCC2)C1. The molecule has 2 amide bonds. The number of urea groups is 1. The van der Waals surface area contributed by atoms with Crippen LogP contribution >= 0.6 is 0 Å². The van der Waals surface area contributed by atoms with Crippen LogP contribution < -0.4 is 5.32 Å². The minimum Gasteiger partial charge on any atom is -0.376 e. The molecule has 3 heterocycles. The van der Waals surface area contributed by atoms with E-state index < -0.39 is 0 Å². The van der Waals surface area contributed by atoms with Crippen molar-refractivity contribution < 1.29 is 14.3 Å². The summed E-state index contributed by atoms with van der Waals surface area (Å²) in [5.74, 6) is 0. The summed E-state index contributed by atoms with van der Waals surface area (Å²) < 4.78 is 11.6. The van der Waals surface area contributed by atoms with E-state index in [9.17, 15) is 4.79 Å². The molecule has 29 heavy (non-hydrogen) atoms. The summed E-state index contributed by atoms with van der Waals surface area (Å²) in [4.78, 5) is 17.4. The number of nitrogens with one attached hydrogen (secondary N) is 1. The summed E-state index contributed by atoms with van der Waals surface area (Å²) in [6, 6.07) is 8.53. The topological polar surface area (TPSA) is 54.0 Å². The Morgan fingerprint density at radius 3 is 2.83 bits per heavy atom. The van der Waals surface area contributed by atoms with Crippen molar-refractivity contribution in [2.75, 3.05) is 44.7 Å². The van der Waals surface area contributed by atoms with Crippen molar-refractivity contribution in [2.45, 2.75) is 63.7 Å². The van der Waals surface area contributed by atoms with Gasteiger partial charge in [0, 0.05) is 31.4 Å². The van der Waals surface area contributed by atoms with Gasteiger partial charge in [-0.15, -0.1) is 0 Å². The molecule has 3 saturated heterocycles. The summed E-state index contributed by atoms with van der Waals surface area (Å²) in [6.45, 7) is 6.11. The Labute approximate surface area is 174 Å². The molecule has 160 valence electrons. The van der Waals surface area contributed by atoms with E-state index in [1.165, 1.54) is 38.8 Å². The van der Waals surface area contributed by atoms with Gasteiger partial charge in [-0.1, -0.05) is 12.1 Å². The van der Waals surface area contributed by atoms with E-state index in [1.807, 2.05) is 29.2 Å². The molecule has 3 fully saturated rings. The molecule has 6 nitrogen and oxygen atoms in total. The third-order valence-corrected chi connectivity index (χ3v) is 6.37. The van der Waals surface area contributed by atoms with Crippen LogP contribution in [0.1, 0.15) is 50.5 Å². The third-order valence-electron chi connectivity index (χ3n) is 6.37. The van der Waals surface area contributed by atoms with Crippen molar-refractivity contribution in [1.29, 1.82) is 0 Å². The summed E-state index contributed by atoms with van der Waals surface area (Å²) in [7, 11) is 0. The first kappa shape index (κ1) is 20.6.